The second-order valence-corrected chi connectivity index (χ2v) is 6.16. The molecule has 0 radical (unpaired) electrons. The van der Waals surface area contributed by atoms with Crippen molar-refractivity contribution in [2.75, 3.05) is 5.32 Å². The summed E-state index contributed by atoms with van der Waals surface area (Å²) in [6.07, 6.45) is 3.74. The molecule has 5 nitrogen and oxygen atoms in total. The Hall–Kier alpha value is -2.35. The number of aromatic nitrogens is 3. The third-order valence-electron chi connectivity index (χ3n) is 3.37. The minimum absolute atomic E-state index is 0.0306. The van der Waals surface area contributed by atoms with Crippen LogP contribution in [0.1, 0.15) is 50.6 Å². The Kier molecular flexibility index (Phi) is 3.99. The molecule has 0 saturated carbocycles. The fourth-order valence-electron chi connectivity index (χ4n) is 2.14. The van der Waals surface area contributed by atoms with Crippen LogP contribution in [-0.2, 0) is 5.54 Å². The number of nitrogens with one attached hydrogen (secondary N) is 1. The SMILES string of the molecule is Cc1nn(C(C)(C)C)cc1C(C)Nc1ncccc1C#N. The van der Waals surface area contributed by atoms with E-state index in [0.29, 0.717) is 11.4 Å². The van der Waals surface area contributed by atoms with Crippen LogP contribution in [0.4, 0.5) is 5.82 Å². The van der Waals surface area contributed by atoms with Gasteiger partial charge in [0.05, 0.1) is 22.8 Å². The molecule has 2 rings (SSSR count). The van der Waals surface area contributed by atoms with Crippen LogP contribution in [0, 0.1) is 18.3 Å². The maximum absolute atomic E-state index is 9.12. The molecule has 0 aliphatic heterocycles. The van der Waals surface area contributed by atoms with Crippen LogP contribution < -0.4 is 5.32 Å². The number of nitriles is 1. The van der Waals surface area contributed by atoms with Gasteiger partial charge in [-0.2, -0.15) is 10.4 Å². The standard InChI is InChI=1S/C16H21N5/c1-11(19-15-13(9-17)7-6-8-18-15)14-10-21(16(3,4)5)20-12(14)2/h6-8,10-11H,1-5H3,(H,18,19). The van der Waals surface area contributed by atoms with Crippen molar-refractivity contribution in [2.45, 2.75) is 46.2 Å². The van der Waals surface area contributed by atoms with Gasteiger partial charge in [-0.3, -0.25) is 4.68 Å². The quantitative estimate of drug-likeness (QED) is 0.937. The Morgan fingerprint density at radius 1 is 1.38 bits per heavy atom. The first-order valence-corrected chi connectivity index (χ1v) is 7.01. The predicted octanol–water partition coefficient (Wildman–Crippen LogP) is 3.39. The minimum atomic E-state index is -0.0501. The number of hydrogen-bond acceptors (Lipinski definition) is 4. The largest absolute Gasteiger partial charge is 0.362 e. The van der Waals surface area contributed by atoms with Gasteiger partial charge in [0.1, 0.15) is 11.9 Å². The van der Waals surface area contributed by atoms with Crippen molar-refractivity contribution >= 4 is 5.82 Å². The van der Waals surface area contributed by atoms with E-state index in [1.54, 1.807) is 18.3 Å². The lowest BCUT2D eigenvalue weighted by molar-refractivity contribution is 0.354. The Morgan fingerprint density at radius 3 is 2.67 bits per heavy atom. The van der Waals surface area contributed by atoms with Gasteiger partial charge in [0.2, 0.25) is 0 Å². The van der Waals surface area contributed by atoms with E-state index in [4.69, 9.17) is 5.26 Å². The van der Waals surface area contributed by atoms with Crippen LogP contribution in [0.3, 0.4) is 0 Å². The van der Waals surface area contributed by atoms with Gasteiger partial charge in [-0.1, -0.05) is 0 Å². The molecule has 0 bridgehead atoms. The average molecular weight is 283 g/mol. The molecule has 1 N–H and O–H groups in total. The van der Waals surface area contributed by atoms with E-state index in [-0.39, 0.29) is 11.6 Å². The van der Waals surface area contributed by atoms with Gasteiger partial charge in [0, 0.05) is 18.0 Å². The van der Waals surface area contributed by atoms with Crippen LogP contribution in [0.5, 0.6) is 0 Å². The second kappa shape index (κ2) is 5.57. The van der Waals surface area contributed by atoms with E-state index in [9.17, 15) is 0 Å². The molecule has 0 aliphatic carbocycles. The number of rotatable bonds is 3. The fraction of sp³-hybridized carbons (Fsp3) is 0.438. The van der Waals surface area contributed by atoms with E-state index in [1.807, 2.05) is 18.5 Å². The molecule has 110 valence electrons. The third kappa shape index (κ3) is 3.22. The van der Waals surface area contributed by atoms with Crippen molar-refractivity contribution in [2.24, 2.45) is 0 Å². The Labute approximate surface area is 125 Å². The highest BCUT2D eigenvalue weighted by Gasteiger charge is 2.19. The molecule has 0 saturated heterocycles. The maximum atomic E-state index is 9.12. The van der Waals surface area contributed by atoms with Crippen molar-refractivity contribution in [3.63, 3.8) is 0 Å². The fourth-order valence-corrected chi connectivity index (χ4v) is 2.14. The first-order valence-electron chi connectivity index (χ1n) is 7.01. The average Bonchev–Trinajstić information content (AvgIpc) is 2.81. The second-order valence-electron chi connectivity index (χ2n) is 6.16. The Balaban J connectivity index is 2.27. The molecule has 1 unspecified atom stereocenters. The molecule has 0 spiro atoms. The molecule has 0 amide bonds. The Morgan fingerprint density at radius 2 is 2.10 bits per heavy atom. The van der Waals surface area contributed by atoms with Crippen molar-refractivity contribution in [3.8, 4) is 6.07 Å². The summed E-state index contributed by atoms with van der Waals surface area (Å²) >= 11 is 0. The van der Waals surface area contributed by atoms with Crippen LogP contribution in [-0.4, -0.2) is 14.8 Å². The van der Waals surface area contributed by atoms with Crippen molar-refractivity contribution in [3.05, 3.63) is 41.3 Å². The zero-order valence-corrected chi connectivity index (χ0v) is 13.2. The molecular weight excluding hydrogens is 262 g/mol. The minimum Gasteiger partial charge on any atom is -0.362 e. The summed E-state index contributed by atoms with van der Waals surface area (Å²) in [4.78, 5) is 4.24. The lowest BCUT2D eigenvalue weighted by Crippen LogP contribution is -2.22. The van der Waals surface area contributed by atoms with Crippen LogP contribution in [0.25, 0.3) is 0 Å². The summed E-state index contributed by atoms with van der Waals surface area (Å²) in [5.74, 6) is 0.607. The predicted molar refractivity (Wildman–Crippen MR) is 82.9 cm³/mol. The van der Waals surface area contributed by atoms with Crippen LogP contribution in [0.2, 0.25) is 0 Å². The van der Waals surface area contributed by atoms with Gasteiger partial charge in [0.25, 0.3) is 0 Å². The number of nitrogens with zero attached hydrogens (tertiary/aromatic N) is 4. The summed E-state index contributed by atoms with van der Waals surface area (Å²) in [6.45, 7) is 10.4. The molecular formula is C16H21N5. The van der Waals surface area contributed by atoms with E-state index >= 15 is 0 Å². The maximum Gasteiger partial charge on any atom is 0.144 e. The topological polar surface area (TPSA) is 66.5 Å². The monoisotopic (exact) mass is 283 g/mol. The van der Waals surface area contributed by atoms with Gasteiger partial charge >= 0.3 is 0 Å². The zero-order chi connectivity index (χ0) is 15.6. The first-order chi connectivity index (χ1) is 9.82. The third-order valence-corrected chi connectivity index (χ3v) is 3.37. The Bertz CT molecular complexity index is 673. The van der Waals surface area contributed by atoms with E-state index in [2.05, 4.69) is 48.4 Å². The van der Waals surface area contributed by atoms with Gasteiger partial charge in [-0.05, 0) is 46.8 Å². The van der Waals surface area contributed by atoms with Gasteiger partial charge in [0.15, 0.2) is 0 Å². The highest BCUT2D eigenvalue weighted by molar-refractivity contribution is 5.52. The lowest BCUT2D eigenvalue weighted by atomic mass is 10.1. The molecule has 2 heterocycles. The molecule has 21 heavy (non-hydrogen) atoms. The van der Waals surface area contributed by atoms with Crippen molar-refractivity contribution < 1.29 is 0 Å². The molecule has 0 fully saturated rings. The molecule has 1 atom stereocenters. The summed E-state index contributed by atoms with van der Waals surface area (Å²) in [5, 5.41) is 17.0. The highest BCUT2D eigenvalue weighted by atomic mass is 15.3. The normalized spacial score (nSPS) is 12.8. The molecule has 0 aromatic carbocycles. The summed E-state index contributed by atoms with van der Waals surface area (Å²) in [6, 6.07) is 5.70. The van der Waals surface area contributed by atoms with E-state index in [1.165, 1.54) is 0 Å². The van der Waals surface area contributed by atoms with E-state index in [0.717, 1.165) is 11.3 Å². The number of pyridine rings is 1. The number of hydrogen-bond donors (Lipinski definition) is 1. The summed E-state index contributed by atoms with van der Waals surface area (Å²) < 4.78 is 1.97. The summed E-state index contributed by atoms with van der Waals surface area (Å²) in [7, 11) is 0. The first kappa shape index (κ1) is 15.0. The molecule has 5 heteroatoms. The molecule has 0 aliphatic rings. The van der Waals surface area contributed by atoms with Gasteiger partial charge in [-0.15, -0.1) is 0 Å². The number of anilines is 1. The highest BCUT2D eigenvalue weighted by Crippen LogP contribution is 2.24. The van der Waals surface area contributed by atoms with E-state index < -0.39 is 0 Å². The van der Waals surface area contributed by atoms with Gasteiger partial charge < -0.3 is 5.32 Å². The van der Waals surface area contributed by atoms with Crippen molar-refractivity contribution in [1.82, 2.24) is 14.8 Å². The van der Waals surface area contributed by atoms with Gasteiger partial charge in [-0.25, -0.2) is 4.98 Å². The van der Waals surface area contributed by atoms with Crippen molar-refractivity contribution in [1.29, 1.82) is 5.26 Å². The smallest absolute Gasteiger partial charge is 0.144 e. The number of aryl methyl sites for hydroxylation is 1. The summed E-state index contributed by atoms with van der Waals surface area (Å²) in [5.41, 5.74) is 2.59. The van der Waals surface area contributed by atoms with Crippen LogP contribution >= 0.6 is 0 Å². The molecule has 2 aromatic heterocycles. The lowest BCUT2D eigenvalue weighted by Gasteiger charge is -2.19. The zero-order valence-electron chi connectivity index (χ0n) is 13.2. The molecule has 2 aromatic rings. The van der Waals surface area contributed by atoms with Crippen LogP contribution in [0.15, 0.2) is 24.5 Å².